The first kappa shape index (κ1) is 18.1. The van der Waals surface area contributed by atoms with Gasteiger partial charge in [-0.2, -0.15) is 0 Å². The van der Waals surface area contributed by atoms with E-state index < -0.39 is 0 Å². The number of likely N-dealkylation sites (N-methyl/N-ethyl adjacent to an activating group) is 1. The van der Waals surface area contributed by atoms with Gasteiger partial charge in [-0.15, -0.1) is 0 Å². The minimum atomic E-state index is -0.255. The number of carbonyl (C=O) groups is 2. The molecule has 2 amide bonds. The van der Waals surface area contributed by atoms with Crippen LogP contribution in [0.3, 0.4) is 0 Å². The van der Waals surface area contributed by atoms with E-state index in [-0.39, 0.29) is 36.5 Å². The van der Waals surface area contributed by atoms with Crippen molar-refractivity contribution in [2.24, 2.45) is 0 Å². The molecule has 0 aliphatic carbocycles. The second-order valence-corrected chi connectivity index (χ2v) is 7.57. The van der Waals surface area contributed by atoms with Crippen LogP contribution in [-0.4, -0.2) is 46.9 Å². The summed E-state index contributed by atoms with van der Waals surface area (Å²) in [6, 6.07) is 11.4. The van der Waals surface area contributed by atoms with Crippen molar-refractivity contribution < 1.29 is 14.1 Å². The highest BCUT2D eigenvalue weighted by molar-refractivity contribution is 5.92. The highest BCUT2D eigenvalue weighted by Gasteiger charge is 2.37. The van der Waals surface area contributed by atoms with E-state index in [1.807, 2.05) is 56.0 Å². The molecule has 1 saturated heterocycles. The van der Waals surface area contributed by atoms with Gasteiger partial charge in [0.15, 0.2) is 0 Å². The fourth-order valence-electron chi connectivity index (χ4n) is 3.00. The number of amides is 2. The molecule has 0 spiro atoms. The van der Waals surface area contributed by atoms with Crippen molar-refractivity contribution in [3.8, 4) is 0 Å². The van der Waals surface area contributed by atoms with Gasteiger partial charge in [-0.1, -0.05) is 56.3 Å². The molecular weight excluding hydrogens is 332 g/mol. The van der Waals surface area contributed by atoms with Crippen LogP contribution in [0, 0.1) is 0 Å². The SMILES string of the molecule is CN1C(=O)CN(CC(=O)Nc2cc(C(C)(C)C)no2)C1c1ccccc1. The van der Waals surface area contributed by atoms with Crippen LogP contribution in [0.25, 0.3) is 0 Å². The Morgan fingerprint density at radius 3 is 2.62 bits per heavy atom. The van der Waals surface area contributed by atoms with Gasteiger partial charge in [-0.3, -0.25) is 19.8 Å². The average molecular weight is 356 g/mol. The molecule has 1 fully saturated rings. The lowest BCUT2D eigenvalue weighted by atomic mass is 9.92. The lowest BCUT2D eigenvalue weighted by molar-refractivity contribution is -0.126. The van der Waals surface area contributed by atoms with Crippen LogP contribution in [0.2, 0.25) is 0 Å². The number of aromatic nitrogens is 1. The third kappa shape index (κ3) is 3.77. The summed E-state index contributed by atoms with van der Waals surface area (Å²) in [5.74, 6) is 0.0574. The summed E-state index contributed by atoms with van der Waals surface area (Å²) >= 11 is 0. The van der Waals surface area contributed by atoms with Crippen molar-refractivity contribution in [3.63, 3.8) is 0 Å². The molecule has 1 atom stereocenters. The van der Waals surface area contributed by atoms with Crippen LogP contribution in [0.1, 0.15) is 38.2 Å². The van der Waals surface area contributed by atoms with Gasteiger partial charge in [-0.25, -0.2) is 0 Å². The molecule has 1 aromatic heterocycles. The molecule has 2 heterocycles. The Morgan fingerprint density at radius 2 is 2.00 bits per heavy atom. The van der Waals surface area contributed by atoms with E-state index in [1.165, 1.54) is 0 Å². The summed E-state index contributed by atoms with van der Waals surface area (Å²) in [5, 5.41) is 6.72. The zero-order valence-electron chi connectivity index (χ0n) is 15.5. The maximum atomic E-state index is 12.4. The van der Waals surface area contributed by atoms with Gasteiger partial charge in [0.25, 0.3) is 0 Å². The standard InChI is InChI=1S/C19H24N4O3/c1-19(2,3)14-10-16(26-21-14)20-15(24)11-23-12-17(25)22(4)18(23)13-8-6-5-7-9-13/h5-10,18H,11-12H2,1-4H3,(H,20,24). The lowest BCUT2D eigenvalue weighted by Gasteiger charge is -2.27. The Bertz CT molecular complexity index is 795. The second-order valence-electron chi connectivity index (χ2n) is 7.57. The molecule has 7 heteroatoms. The lowest BCUT2D eigenvalue weighted by Crippen LogP contribution is -2.35. The van der Waals surface area contributed by atoms with E-state index in [0.717, 1.165) is 11.3 Å². The first-order chi connectivity index (χ1) is 12.3. The molecule has 1 unspecified atom stereocenters. The van der Waals surface area contributed by atoms with Crippen LogP contribution < -0.4 is 5.32 Å². The van der Waals surface area contributed by atoms with Gasteiger partial charge in [0.1, 0.15) is 6.17 Å². The van der Waals surface area contributed by atoms with Crippen molar-refractivity contribution in [1.29, 1.82) is 0 Å². The molecule has 1 N–H and O–H groups in total. The maximum Gasteiger partial charge on any atom is 0.241 e. The Kier molecular flexibility index (Phi) is 4.82. The maximum absolute atomic E-state index is 12.4. The summed E-state index contributed by atoms with van der Waals surface area (Å²) in [6.45, 7) is 6.35. The topological polar surface area (TPSA) is 78.7 Å². The fourth-order valence-corrected chi connectivity index (χ4v) is 3.00. The van der Waals surface area contributed by atoms with E-state index >= 15 is 0 Å². The van der Waals surface area contributed by atoms with Crippen molar-refractivity contribution in [2.75, 3.05) is 25.5 Å². The third-order valence-electron chi connectivity index (χ3n) is 4.43. The Morgan fingerprint density at radius 1 is 1.31 bits per heavy atom. The number of hydrogen-bond acceptors (Lipinski definition) is 5. The van der Waals surface area contributed by atoms with Gasteiger partial charge < -0.3 is 9.42 Å². The summed E-state index contributed by atoms with van der Waals surface area (Å²) in [5.41, 5.74) is 1.59. The molecule has 26 heavy (non-hydrogen) atoms. The van der Waals surface area contributed by atoms with E-state index in [9.17, 15) is 9.59 Å². The zero-order valence-corrected chi connectivity index (χ0v) is 15.5. The van der Waals surface area contributed by atoms with E-state index in [0.29, 0.717) is 5.88 Å². The predicted octanol–water partition coefficient (Wildman–Crippen LogP) is 2.38. The smallest absolute Gasteiger partial charge is 0.241 e. The first-order valence-corrected chi connectivity index (χ1v) is 8.57. The molecule has 138 valence electrons. The summed E-state index contributed by atoms with van der Waals surface area (Å²) in [6.07, 6.45) is -0.255. The minimum absolute atomic E-state index is 0.0127. The quantitative estimate of drug-likeness (QED) is 0.910. The molecule has 0 radical (unpaired) electrons. The Hall–Kier alpha value is -2.67. The highest BCUT2D eigenvalue weighted by atomic mass is 16.5. The molecule has 3 rings (SSSR count). The molecule has 7 nitrogen and oxygen atoms in total. The fraction of sp³-hybridized carbons (Fsp3) is 0.421. The van der Waals surface area contributed by atoms with Crippen molar-refractivity contribution >= 4 is 17.7 Å². The average Bonchev–Trinajstić information content (AvgIpc) is 3.14. The minimum Gasteiger partial charge on any atom is -0.338 e. The Labute approximate surface area is 152 Å². The first-order valence-electron chi connectivity index (χ1n) is 8.57. The highest BCUT2D eigenvalue weighted by Crippen LogP contribution is 2.29. The molecule has 0 saturated carbocycles. The number of nitrogens with one attached hydrogen (secondary N) is 1. The van der Waals surface area contributed by atoms with Crippen LogP contribution in [0.4, 0.5) is 5.88 Å². The predicted molar refractivity (Wildman–Crippen MR) is 97.4 cm³/mol. The zero-order chi connectivity index (χ0) is 18.9. The van der Waals surface area contributed by atoms with Crippen LogP contribution in [0.5, 0.6) is 0 Å². The van der Waals surface area contributed by atoms with E-state index in [4.69, 9.17) is 4.52 Å². The largest absolute Gasteiger partial charge is 0.338 e. The van der Waals surface area contributed by atoms with Crippen molar-refractivity contribution in [3.05, 3.63) is 47.7 Å². The second kappa shape index (κ2) is 6.92. The van der Waals surface area contributed by atoms with Crippen molar-refractivity contribution in [2.45, 2.75) is 32.4 Å². The van der Waals surface area contributed by atoms with Gasteiger partial charge in [0.2, 0.25) is 17.7 Å². The normalized spacial score (nSPS) is 18.4. The van der Waals surface area contributed by atoms with Gasteiger partial charge in [-0.05, 0) is 5.56 Å². The van der Waals surface area contributed by atoms with Gasteiger partial charge in [0.05, 0.1) is 18.8 Å². The molecular formula is C19H24N4O3. The summed E-state index contributed by atoms with van der Waals surface area (Å²) in [4.78, 5) is 28.1. The molecule has 0 bridgehead atoms. The number of carbonyl (C=O) groups excluding carboxylic acids is 2. The molecule has 1 aliphatic rings. The van der Waals surface area contributed by atoms with Gasteiger partial charge in [0, 0.05) is 18.5 Å². The summed E-state index contributed by atoms with van der Waals surface area (Å²) in [7, 11) is 1.75. The van der Waals surface area contributed by atoms with Gasteiger partial charge >= 0.3 is 0 Å². The number of benzene rings is 1. The third-order valence-corrected chi connectivity index (χ3v) is 4.43. The van der Waals surface area contributed by atoms with Crippen LogP contribution >= 0.6 is 0 Å². The van der Waals surface area contributed by atoms with E-state index in [2.05, 4.69) is 10.5 Å². The number of hydrogen-bond donors (Lipinski definition) is 1. The number of nitrogens with zero attached hydrogens (tertiary/aromatic N) is 3. The van der Waals surface area contributed by atoms with Crippen LogP contribution in [0.15, 0.2) is 40.9 Å². The van der Waals surface area contributed by atoms with Crippen LogP contribution in [-0.2, 0) is 15.0 Å². The monoisotopic (exact) mass is 356 g/mol. The Balaban J connectivity index is 1.69. The molecule has 2 aromatic rings. The van der Waals surface area contributed by atoms with Crippen molar-refractivity contribution in [1.82, 2.24) is 15.0 Å². The number of anilines is 1. The molecule has 1 aromatic carbocycles. The number of rotatable bonds is 4. The summed E-state index contributed by atoms with van der Waals surface area (Å²) < 4.78 is 5.20. The van der Waals surface area contributed by atoms with E-state index in [1.54, 1.807) is 18.0 Å². The molecule has 1 aliphatic heterocycles.